The molecule has 0 bridgehead atoms. The molecule has 3 aliphatic rings. The fourth-order valence-electron chi connectivity index (χ4n) is 2.74. The Kier molecular flexibility index (Phi) is 4.38. The van der Waals surface area contributed by atoms with E-state index >= 15 is 0 Å². The van der Waals surface area contributed by atoms with Crippen molar-refractivity contribution >= 4 is 0 Å². The lowest BCUT2D eigenvalue weighted by atomic mass is 9.88. The van der Waals surface area contributed by atoms with E-state index in [1.807, 2.05) is 6.08 Å². The standard InChI is InChI=1S/C16H21F2N3O/c17-16(18)8-1-2-13(19)15(16)21-20-14-7-9-22-10-12(14)6-5-11-3-4-11/h5-7,10-11,13,15H,1-4,8-9,19H2/p+1/b6-5+,21-20?/t13-,15-/m1/s1. The first-order chi connectivity index (χ1) is 10.6. The zero-order chi connectivity index (χ0) is 15.6. The van der Waals surface area contributed by atoms with Gasteiger partial charge in [-0.2, -0.15) is 8.78 Å². The van der Waals surface area contributed by atoms with E-state index in [9.17, 15) is 8.78 Å². The van der Waals surface area contributed by atoms with Crippen molar-refractivity contribution in [3.63, 3.8) is 0 Å². The highest BCUT2D eigenvalue weighted by atomic mass is 19.3. The predicted octanol–water partition coefficient (Wildman–Crippen LogP) is 1.80. The fraction of sp³-hybridized carbons (Fsp3) is 0.625. The van der Waals surface area contributed by atoms with Gasteiger partial charge in [-0.05, 0) is 42.8 Å². The molecule has 120 valence electrons. The van der Waals surface area contributed by atoms with Gasteiger partial charge in [0.25, 0.3) is 6.04 Å². The molecule has 0 aromatic heterocycles. The largest absolute Gasteiger partial charge is 0.496 e. The van der Waals surface area contributed by atoms with Gasteiger partial charge in [0, 0.05) is 12.0 Å². The number of halogens is 2. The maximum absolute atomic E-state index is 14.0. The molecule has 3 N–H and O–H groups in total. The molecular formula is C16H22F2N3O+. The Hall–Kier alpha value is -1.56. The number of nitrogens with zero attached hydrogens (tertiary/aromatic N) is 1. The second kappa shape index (κ2) is 6.28. The molecule has 4 nitrogen and oxygen atoms in total. The third-order valence-corrected chi connectivity index (χ3v) is 4.30. The highest BCUT2D eigenvalue weighted by Crippen LogP contribution is 2.32. The topological polar surface area (TPSA) is 61.6 Å². The van der Waals surface area contributed by atoms with Gasteiger partial charge in [-0.25, -0.2) is 0 Å². The minimum absolute atomic E-state index is 0.139. The third kappa shape index (κ3) is 3.61. The molecule has 0 aromatic rings. The molecule has 2 aliphatic carbocycles. The van der Waals surface area contributed by atoms with Crippen molar-refractivity contribution in [2.75, 3.05) is 6.61 Å². The zero-order valence-electron chi connectivity index (χ0n) is 12.5. The van der Waals surface area contributed by atoms with Gasteiger partial charge in [0.1, 0.15) is 12.3 Å². The van der Waals surface area contributed by atoms with Gasteiger partial charge in [-0.1, -0.05) is 12.2 Å². The van der Waals surface area contributed by atoms with Crippen LogP contribution in [0.25, 0.3) is 0 Å². The molecule has 6 heteroatoms. The Bertz CT molecular complexity index is 536. The van der Waals surface area contributed by atoms with E-state index in [0.717, 1.165) is 5.57 Å². The van der Waals surface area contributed by atoms with Gasteiger partial charge in [0.2, 0.25) is 0 Å². The molecule has 0 saturated heterocycles. The summed E-state index contributed by atoms with van der Waals surface area (Å²) < 4.78 is 33.2. The average molecular weight is 310 g/mol. The lowest BCUT2D eigenvalue weighted by Crippen LogP contribution is -2.85. The molecule has 0 aromatic carbocycles. The van der Waals surface area contributed by atoms with Crippen LogP contribution >= 0.6 is 0 Å². The lowest BCUT2D eigenvalue weighted by molar-refractivity contribution is -0.601. The molecule has 2 atom stereocenters. The van der Waals surface area contributed by atoms with Crippen LogP contribution in [0.15, 0.2) is 40.9 Å². The third-order valence-electron chi connectivity index (χ3n) is 4.30. The molecule has 0 spiro atoms. The second-order valence-electron chi connectivity index (χ2n) is 6.23. The van der Waals surface area contributed by atoms with Crippen LogP contribution in [0.2, 0.25) is 0 Å². The van der Waals surface area contributed by atoms with Crippen molar-refractivity contribution < 1.29 is 18.6 Å². The lowest BCUT2D eigenvalue weighted by Gasteiger charge is -2.28. The Morgan fingerprint density at radius 1 is 1.36 bits per heavy atom. The van der Waals surface area contributed by atoms with Crippen LogP contribution in [0.3, 0.4) is 0 Å². The normalized spacial score (nSPS) is 32.0. The van der Waals surface area contributed by atoms with E-state index in [-0.39, 0.29) is 6.42 Å². The molecule has 0 amide bonds. The average Bonchev–Trinajstić information content (AvgIpc) is 3.29. The van der Waals surface area contributed by atoms with E-state index in [1.165, 1.54) is 12.8 Å². The number of azo groups is 1. The summed E-state index contributed by atoms with van der Waals surface area (Å²) in [6.45, 7) is 0.397. The molecule has 0 unspecified atom stereocenters. The molecule has 1 heterocycles. The summed E-state index contributed by atoms with van der Waals surface area (Å²) in [6, 6.07) is -1.69. The molecule has 2 saturated carbocycles. The number of hydrogen-bond donors (Lipinski definition) is 2. The van der Waals surface area contributed by atoms with E-state index in [4.69, 9.17) is 10.5 Å². The van der Waals surface area contributed by atoms with E-state index in [2.05, 4.69) is 16.3 Å². The fourth-order valence-corrected chi connectivity index (χ4v) is 2.74. The number of alkyl halides is 2. The molecule has 2 fully saturated rings. The van der Waals surface area contributed by atoms with Crippen molar-refractivity contribution in [2.24, 2.45) is 16.8 Å². The zero-order valence-corrected chi connectivity index (χ0v) is 12.5. The Balaban J connectivity index is 1.72. The first-order valence-corrected chi connectivity index (χ1v) is 7.86. The van der Waals surface area contributed by atoms with Crippen molar-refractivity contribution in [3.8, 4) is 0 Å². The maximum atomic E-state index is 14.0. The second-order valence-corrected chi connectivity index (χ2v) is 6.23. The van der Waals surface area contributed by atoms with Gasteiger partial charge >= 0.3 is 5.92 Å². The number of ether oxygens (including phenoxy) is 1. The highest BCUT2D eigenvalue weighted by Gasteiger charge is 2.50. The van der Waals surface area contributed by atoms with Crippen LogP contribution in [-0.4, -0.2) is 24.6 Å². The summed E-state index contributed by atoms with van der Waals surface area (Å²) in [5.74, 6) is -2.19. The maximum Gasteiger partial charge on any atom is 0.311 e. The summed E-state index contributed by atoms with van der Waals surface area (Å²) >= 11 is 0. The minimum atomic E-state index is -2.82. The van der Waals surface area contributed by atoms with Gasteiger partial charge in [0.15, 0.2) is 0 Å². The van der Waals surface area contributed by atoms with Crippen LogP contribution in [0.4, 0.5) is 8.78 Å². The van der Waals surface area contributed by atoms with Crippen LogP contribution in [0.1, 0.15) is 32.1 Å². The van der Waals surface area contributed by atoms with E-state index < -0.39 is 18.0 Å². The van der Waals surface area contributed by atoms with Crippen LogP contribution in [0, 0.1) is 5.92 Å². The van der Waals surface area contributed by atoms with Crippen LogP contribution in [-0.2, 0) is 4.74 Å². The number of nitrogens with two attached hydrogens (primary N) is 1. The summed E-state index contributed by atoms with van der Waals surface area (Å²) in [6.07, 6.45) is 10.8. The predicted molar refractivity (Wildman–Crippen MR) is 77.9 cm³/mol. The highest BCUT2D eigenvalue weighted by molar-refractivity contribution is 5.39. The molecule has 3 rings (SSSR count). The van der Waals surface area contributed by atoms with Crippen LogP contribution in [0.5, 0.6) is 0 Å². The van der Waals surface area contributed by atoms with Crippen LogP contribution < -0.4 is 10.8 Å². The minimum Gasteiger partial charge on any atom is -0.496 e. The molecule has 1 aliphatic heterocycles. The molecule has 0 radical (unpaired) electrons. The van der Waals surface area contributed by atoms with E-state index in [1.54, 1.807) is 12.3 Å². The number of rotatable bonds is 4. The number of hydrogen-bond acceptors (Lipinski definition) is 3. The van der Waals surface area contributed by atoms with E-state index in [0.29, 0.717) is 31.1 Å². The SMILES string of the molecule is N[C@@H]1CCCC(F)(F)[C@@H]1[NH+]=NC1=CCOC=C1/C=C/C1CC1. The first-order valence-electron chi connectivity index (χ1n) is 7.86. The Labute approximate surface area is 128 Å². The van der Waals surface area contributed by atoms with Crippen molar-refractivity contribution in [3.05, 3.63) is 35.8 Å². The van der Waals surface area contributed by atoms with Gasteiger partial charge in [-0.3, -0.25) is 0 Å². The quantitative estimate of drug-likeness (QED) is 0.778. The summed E-state index contributed by atoms with van der Waals surface area (Å²) in [4.78, 5) is 0. The summed E-state index contributed by atoms with van der Waals surface area (Å²) in [5.41, 5.74) is 7.28. The van der Waals surface area contributed by atoms with Crippen molar-refractivity contribution in [2.45, 2.75) is 50.1 Å². The Morgan fingerprint density at radius 3 is 2.91 bits per heavy atom. The number of allylic oxidation sites excluding steroid dienone is 2. The molecule has 22 heavy (non-hydrogen) atoms. The van der Waals surface area contributed by atoms with Gasteiger partial charge < -0.3 is 10.5 Å². The first kappa shape index (κ1) is 15.3. The van der Waals surface area contributed by atoms with Crippen molar-refractivity contribution in [1.29, 1.82) is 0 Å². The number of nitrogens with one attached hydrogen (secondary N) is 1. The van der Waals surface area contributed by atoms with Crippen molar-refractivity contribution in [1.82, 2.24) is 0 Å². The summed E-state index contributed by atoms with van der Waals surface area (Å²) in [5, 5.41) is 6.80. The van der Waals surface area contributed by atoms with Gasteiger partial charge in [0.05, 0.1) is 12.3 Å². The smallest absolute Gasteiger partial charge is 0.311 e. The monoisotopic (exact) mass is 310 g/mol. The van der Waals surface area contributed by atoms with Gasteiger partial charge in [-0.15, -0.1) is 5.11 Å². The Morgan fingerprint density at radius 2 is 2.18 bits per heavy atom. The molecular weight excluding hydrogens is 288 g/mol. The summed E-state index contributed by atoms with van der Waals surface area (Å²) in [7, 11) is 0.